The first kappa shape index (κ1) is 22.2. The summed E-state index contributed by atoms with van der Waals surface area (Å²) in [5.74, 6) is -2.87. The van der Waals surface area contributed by atoms with Crippen molar-refractivity contribution in [3.63, 3.8) is 0 Å². The Morgan fingerprint density at radius 1 is 1.14 bits per heavy atom. The van der Waals surface area contributed by atoms with Gasteiger partial charge in [-0.2, -0.15) is 0 Å². The molecule has 9 nitrogen and oxygen atoms in total. The predicted molar refractivity (Wildman–Crippen MR) is 103 cm³/mol. The van der Waals surface area contributed by atoms with Gasteiger partial charge in [0.15, 0.2) is 0 Å². The molecule has 2 N–H and O–H groups in total. The van der Waals surface area contributed by atoms with Crippen LogP contribution in [0.15, 0.2) is 24.3 Å². The van der Waals surface area contributed by atoms with Crippen molar-refractivity contribution in [1.29, 1.82) is 0 Å². The number of carboxylic acids is 1. The number of hydrogen-bond acceptors (Lipinski definition) is 6. The number of carbonyl (C=O) groups is 4. The SMILES string of the molecule is COc1ccc(N2C[C@H](C(=O)N[C@H](C(=O)N[C@@H](C)C(=O)[O-])C(C)C)CC2=O)cc1. The monoisotopic (exact) mass is 404 g/mol. The number of benzene rings is 1. The van der Waals surface area contributed by atoms with Crippen LogP contribution in [0.3, 0.4) is 0 Å². The van der Waals surface area contributed by atoms with E-state index in [9.17, 15) is 24.3 Å². The van der Waals surface area contributed by atoms with E-state index >= 15 is 0 Å². The van der Waals surface area contributed by atoms with Gasteiger partial charge in [-0.1, -0.05) is 13.8 Å². The number of nitrogens with one attached hydrogen (secondary N) is 2. The fraction of sp³-hybridized carbons (Fsp3) is 0.500. The van der Waals surface area contributed by atoms with Crippen LogP contribution < -0.4 is 25.4 Å². The van der Waals surface area contributed by atoms with Gasteiger partial charge < -0.3 is 30.2 Å². The molecule has 0 radical (unpaired) electrons. The maximum atomic E-state index is 12.7. The van der Waals surface area contributed by atoms with Crippen molar-refractivity contribution in [2.75, 3.05) is 18.6 Å². The lowest BCUT2D eigenvalue weighted by atomic mass is 10.0. The summed E-state index contributed by atoms with van der Waals surface area (Å²) in [6, 6.07) is 4.83. The van der Waals surface area contributed by atoms with Crippen molar-refractivity contribution in [2.45, 2.75) is 39.3 Å². The van der Waals surface area contributed by atoms with Crippen LogP contribution >= 0.6 is 0 Å². The lowest BCUT2D eigenvalue weighted by Gasteiger charge is -2.25. The van der Waals surface area contributed by atoms with E-state index in [1.54, 1.807) is 45.2 Å². The Morgan fingerprint density at radius 3 is 2.28 bits per heavy atom. The van der Waals surface area contributed by atoms with E-state index < -0.39 is 35.8 Å². The van der Waals surface area contributed by atoms with Gasteiger partial charge in [0.05, 0.1) is 25.0 Å². The van der Waals surface area contributed by atoms with Crippen LogP contribution in [0.2, 0.25) is 0 Å². The average molecular weight is 404 g/mol. The molecule has 1 aromatic rings. The summed E-state index contributed by atoms with van der Waals surface area (Å²) in [7, 11) is 1.55. The smallest absolute Gasteiger partial charge is 0.243 e. The van der Waals surface area contributed by atoms with E-state index in [1.165, 1.54) is 11.8 Å². The number of ether oxygens (including phenoxy) is 1. The topological polar surface area (TPSA) is 128 Å². The number of amides is 3. The van der Waals surface area contributed by atoms with Crippen LogP contribution in [-0.2, 0) is 19.2 Å². The highest BCUT2D eigenvalue weighted by Crippen LogP contribution is 2.27. The third-order valence-corrected chi connectivity index (χ3v) is 4.84. The minimum Gasteiger partial charge on any atom is -0.548 e. The molecule has 3 amide bonds. The Kier molecular flexibility index (Phi) is 7.19. The Bertz CT molecular complexity index is 777. The lowest BCUT2D eigenvalue weighted by Crippen LogP contribution is -2.55. The molecule has 0 bridgehead atoms. The van der Waals surface area contributed by atoms with Crippen molar-refractivity contribution in [3.8, 4) is 5.75 Å². The number of aliphatic carboxylic acids is 1. The fourth-order valence-electron chi connectivity index (χ4n) is 3.06. The number of nitrogens with zero attached hydrogens (tertiary/aromatic N) is 1. The van der Waals surface area contributed by atoms with Gasteiger partial charge in [0.2, 0.25) is 17.7 Å². The first-order valence-electron chi connectivity index (χ1n) is 9.40. The van der Waals surface area contributed by atoms with Crippen molar-refractivity contribution in [1.82, 2.24) is 10.6 Å². The van der Waals surface area contributed by atoms with Crippen LogP contribution in [0.5, 0.6) is 5.75 Å². The van der Waals surface area contributed by atoms with E-state index in [0.717, 1.165) is 0 Å². The first-order chi connectivity index (χ1) is 13.6. The summed E-state index contributed by atoms with van der Waals surface area (Å²) >= 11 is 0. The number of carboxylic acid groups (broad SMARTS) is 1. The maximum Gasteiger partial charge on any atom is 0.243 e. The summed E-state index contributed by atoms with van der Waals surface area (Å²) in [5, 5.41) is 15.8. The number of carbonyl (C=O) groups excluding carboxylic acids is 4. The van der Waals surface area contributed by atoms with E-state index in [2.05, 4.69) is 10.6 Å². The zero-order valence-corrected chi connectivity index (χ0v) is 16.9. The molecule has 0 spiro atoms. The molecule has 0 aromatic heterocycles. The van der Waals surface area contributed by atoms with Gasteiger partial charge in [0.25, 0.3) is 0 Å². The lowest BCUT2D eigenvalue weighted by molar-refractivity contribution is -0.307. The second-order valence-corrected chi connectivity index (χ2v) is 7.38. The Morgan fingerprint density at radius 2 is 1.76 bits per heavy atom. The average Bonchev–Trinajstić information content (AvgIpc) is 3.07. The molecular formula is C20H26N3O6-. The number of anilines is 1. The van der Waals surface area contributed by atoms with Gasteiger partial charge in [-0.15, -0.1) is 0 Å². The molecule has 1 aliphatic heterocycles. The zero-order chi connectivity index (χ0) is 21.7. The van der Waals surface area contributed by atoms with Gasteiger partial charge in [0.1, 0.15) is 11.8 Å². The molecular weight excluding hydrogens is 378 g/mol. The molecule has 3 atom stereocenters. The van der Waals surface area contributed by atoms with Crippen LogP contribution in [0.1, 0.15) is 27.2 Å². The summed E-state index contributed by atoms with van der Waals surface area (Å²) in [6.45, 7) is 4.95. The van der Waals surface area contributed by atoms with Gasteiger partial charge in [-0.3, -0.25) is 14.4 Å². The molecule has 1 fully saturated rings. The molecule has 1 heterocycles. The highest BCUT2D eigenvalue weighted by atomic mass is 16.5. The van der Waals surface area contributed by atoms with E-state index in [0.29, 0.717) is 11.4 Å². The molecule has 0 saturated carbocycles. The molecule has 1 aromatic carbocycles. The molecule has 1 saturated heterocycles. The van der Waals surface area contributed by atoms with Crippen molar-refractivity contribution >= 4 is 29.4 Å². The standard InChI is InChI=1S/C20H27N3O6/c1-11(2)17(19(26)21-12(3)20(27)28)22-18(25)13-9-16(24)23(10-13)14-5-7-15(29-4)8-6-14/h5-8,11-13,17H,9-10H2,1-4H3,(H,21,26)(H,22,25)(H,27,28)/p-1/t12-,13+,17-/m0/s1. The third-order valence-electron chi connectivity index (χ3n) is 4.84. The quantitative estimate of drug-likeness (QED) is 0.598. The van der Waals surface area contributed by atoms with Crippen molar-refractivity contribution in [2.24, 2.45) is 11.8 Å². The minimum absolute atomic E-state index is 0.0275. The van der Waals surface area contributed by atoms with Gasteiger partial charge in [-0.25, -0.2) is 0 Å². The highest BCUT2D eigenvalue weighted by molar-refractivity contribution is 6.01. The molecule has 158 valence electrons. The predicted octanol–water partition coefficient (Wildman–Crippen LogP) is -0.556. The molecule has 0 aliphatic carbocycles. The molecule has 0 unspecified atom stereocenters. The van der Waals surface area contributed by atoms with Crippen molar-refractivity contribution < 1.29 is 29.0 Å². The van der Waals surface area contributed by atoms with E-state index in [4.69, 9.17) is 4.74 Å². The van der Waals surface area contributed by atoms with Crippen LogP contribution in [0.4, 0.5) is 5.69 Å². The van der Waals surface area contributed by atoms with Gasteiger partial charge in [-0.05, 0) is 37.1 Å². The number of methoxy groups -OCH3 is 1. The van der Waals surface area contributed by atoms with Crippen LogP contribution in [-0.4, -0.2) is 49.4 Å². The fourth-order valence-corrected chi connectivity index (χ4v) is 3.06. The summed E-state index contributed by atoms with van der Waals surface area (Å²) in [6.07, 6.45) is 0.0275. The largest absolute Gasteiger partial charge is 0.548 e. The second kappa shape index (κ2) is 9.40. The summed E-state index contributed by atoms with van der Waals surface area (Å²) < 4.78 is 5.10. The molecule has 29 heavy (non-hydrogen) atoms. The summed E-state index contributed by atoms with van der Waals surface area (Å²) in [4.78, 5) is 49.8. The zero-order valence-electron chi connectivity index (χ0n) is 16.9. The van der Waals surface area contributed by atoms with Gasteiger partial charge in [0, 0.05) is 18.7 Å². The van der Waals surface area contributed by atoms with Crippen LogP contribution in [0.25, 0.3) is 0 Å². The van der Waals surface area contributed by atoms with Gasteiger partial charge >= 0.3 is 0 Å². The Hall–Kier alpha value is -3.10. The number of hydrogen-bond donors (Lipinski definition) is 2. The third kappa shape index (κ3) is 5.46. The second-order valence-electron chi connectivity index (χ2n) is 7.38. The number of rotatable bonds is 8. The van der Waals surface area contributed by atoms with E-state index in [-0.39, 0.29) is 24.8 Å². The van der Waals surface area contributed by atoms with Crippen molar-refractivity contribution in [3.05, 3.63) is 24.3 Å². The maximum absolute atomic E-state index is 12.7. The molecule has 2 rings (SSSR count). The Balaban J connectivity index is 2.03. The molecule has 1 aliphatic rings. The summed E-state index contributed by atoms with van der Waals surface area (Å²) in [5.41, 5.74) is 0.659. The van der Waals surface area contributed by atoms with E-state index in [1.807, 2.05) is 0 Å². The van der Waals surface area contributed by atoms with Crippen LogP contribution in [0, 0.1) is 11.8 Å². The minimum atomic E-state index is -1.41. The normalized spacial score (nSPS) is 18.3. The molecule has 9 heteroatoms. The highest BCUT2D eigenvalue weighted by Gasteiger charge is 2.37. The Labute approximate surface area is 169 Å². The first-order valence-corrected chi connectivity index (χ1v) is 9.40.